The Labute approximate surface area is 144 Å². The second-order valence-electron chi connectivity index (χ2n) is 7.02. The van der Waals surface area contributed by atoms with E-state index in [1.807, 2.05) is 0 Å². The van der Waals surface area contributed by atoms with Crippen LogP contribution >= 0.6 is 0 Å². The number of piperidine rings is 1. The van der Waals surface area contributed by atoms with E-state index in [9.17, 15) is 9.59 Å². The molecule has 0 spiro atoms. The molecule has 2 aliphatic heterocycles. The van der Waals surface area contributed by atoms with Crippen molar-refractivity contribution in [3.63, 3.8) is 0 Å². The van der Waals surface area contributed by atoms with Gasteiger partial charge in [-0.05, 0) is 43.5 Å². The molecule has 130 valence electrons. The van der Waals surface area contributed by atoms with E-state index in [0.29, 0.717) is 19.5 Å². The van der Waals surface area contributed by atoms with Gasteiger partial charge in [0.2, 0.25) is 11.8 Å². The van der Waals surface area contributed by atoms with Crippen molar-refractivity contribution in [3.8, 4) is 0 Å². The van der Waals surface area contributed by atoms with Gasteiger partial charge in [0, 0.05) is 39.0 Å². The minimum atomic E-state index is -0.178. The molecule has 0 saturated carbocycles. The van der Waals surface area contributed by atoms with Gasteiger partial charge in [-0.1, -0.05) is 24.3 Å². The van der Waals surface area contributed by atoms with Crippen LogP contribution in [-0.4, -0.2) is 48.3 Å². The lowest BCUT2D eigenvalue weighted by atomic mass is 9.95. The smallest absolute Gasteiger partial charge is 0.223 e. The monoisotopic (exact) mass is 329 g/mol. The summed E-state index contributed by atoms with van der Waals surface area (Å²) in [6, 6.07) is 8.48. The highest BCUT2D eigenvalue weighted by Gasteiger charge is 2.28. The average Bonchev–Trinajstić information content (AvgIpc) is 3.09. The molecule has 2 aliphatic rings. The number of amides is 2. The maximum atomic E-state index is 12.2. The van der Waals surface area contributed by atoms with Gasteiger partial charge in [0.05, 0.1) is 0 Å². The predicted octanol–water partition coefficient (Wildman–Crippen LogP) is 1.77. The van der Waals surface area contributed by atoms with E-state index < -0.39 is 0 Å². The summed E-state index contributed by atoms with van der Waals surface area (Å²) in [6.45, 7) is 4.62. The summed E-state index contributed by atoms with van der Waals surface area (Å²) >= 11 is 0. The molecule has 24 heavy (non-hydrogen) atoms. The molecular formula is C19H27N3O2. The first-order chi connectivity index (χ1) is 11.6. The van der Waals surface area contributed by atoms with Crippen molar-refractivity contribution in [2.45, 2.75) is 38.8 Å². The molecule has 1 atom stereocenters. The second kappa shape index (κ2) is 7.79. The molecule has 2 heterocycles. The Hall–Kier alpha value is -1.88. The minimum absolute atomic E-state index is 0.00223. The van der Waals surface area contributed by atoms with Gasteiger partial charge in [-0.25, -0.2) is 0 Å². The molecule has 2 saturated heterocycles. The second-order valence-corrected chi connectivity index (χ2v) is 7.02. The highest BCUT2D eigenvalue weighted by atomic mass is 16.2. The Kier molecular flexibility index (Phi) is 5.51. The van der Waals surface area contributed by atoms with E-state index in [1.54, 1.807) is 11.9 Å². The zero-order valence-corrected chi connectivity index (χ0v) is 14.5. The fourth-order valence-electron chi connectivity index (χ4n) is 3.46. The van der Waals surface area contributed by atoms with Crippen molar-refractivity contribution in [3.05, 3.63) is 35.4 Å². The van der Waals surface area contributed by atoms with Crippen molar-refractivity contribution >= 4 is 11.8 Å². The van der Waals surface area contributed by atoms with Crippen molar-refractivity contribution < 1.29 is 9.59 Å². The molecule has 1 aromatic carbocycles. The van der Waals surface area contributed by atoms with Crippen LogP contribution in [-0.2, 0) is 22.7 Å². The zero-order chi connectivity index (χ0) is 16.9. The highest BCUT2D eigenvalue weighted by molar-refractivity contribution is 5.86. The van der Waals surface area contributed by atoms with E-state index >= 15 is 0 Å². The maximum absolute atomic E-state index is 12.2. The van der Waals surface area contributed by atoms with Crippen molar-refractivity contribution in [2.24, 2.45) is 5.92 Å². The van der Waals surface area contributed by atoms with Crippen LogP contribution in [0.25, 0.3) is 0 Å². The lowest BCUT2D eigenvalue weighted by molar-refractivity contribution is -0.139. The first-order valence-corrected chi connectivity index (χ1v) is 8.93. The number of carbonyl (C=O) groups excluding carboxylic acids is 2. The number of likely N-dealkylation sites (tertiary alicyclic amines) is 2. The molecule has 0 aromatic heterocycles. The Bertz CT molecular complexity index is 579. The van der Waals surface area contributed by atoms with Gasteiger partial charge >= 0.3 is 0 Å². The standard InChI is InChI=1S/C19H27N3O2/c1-21-11-8-17(12-18(21)23)19(24)20-13-15-4-6-16(7-5-15)14-22-9-2-3-10-22/h4-7,17H,2-3,8-14H2,1H3,(H,20,24)/t17-/m0/s1. The van der Waals surface area contributed by atoms with Gasteiger partial charge in [-0.15, -0.1) is 0 Å². The summed E-state index contributed by atoms with van der Waals surface area (Å²) < 4.78 is 0. The van der Waals surface area contributed by atoms with Crippen LogP contribution in [0.4, 0.5) is 0 Å². The van der Waals surface area contributed by atoms with Crippen molar-refractivity contribution in [2.75, 3.05) is 26.7 Å². The molecule has 0 aliphatic carbocycles. The molecule has 3 rings (SSSR count). The first-order valence-electron chi connectivity index (χ1n) is 8.93. The van der Waals surface area contributed by atoms with E-state index in [0.717, 1.165) is 18.5 Å². The zero-order valence-electron chi connectivity index (χ0n) is 14.5. The van der Waals surface area contributed by atoms with E-state index in [2.05, 4.69) is 34.5 Å². The molecule has 5 nitrogen and oxygen atoms in total. The lowest BCUT2D eigenvalue weighted by Crippen LogP contribution is -2.41. The van der Waals surface area contributed by atoms with Crippen LogP contribution in [0, 0.1) is 5.92 Å². The normalized spacial score (nSPS) is 22.0. The van der Waals surface area contributed by atoms with Crippen LogP contribution < -0.4 is 5.32 Å². The van der Waals surface area contributed by atoms with Gasteiger partial charge in [-0.2, -0.15) is 0 Å². The quantitative estimate of drug-likeness (QED) is 0.896. The fraction of sp³-hybridized carbons (Fsp3) is 0.579. The van der Waals surface area contributed by atoms with E-state index in [1.165, 1.54) is 31.5 Å². The summed E-state index contributed by atoms with van der Waals surface area (Å²) in [6.07, 6.45) is 3.70. The first kappa shape index (κ1) is 17.0. The summed E-state index contributed by atoms with van der Waals surface area (Å²) in [7, 11) is 1.79. The molecule has 0 unspecified atom stereocenters. The molecular weight excluding hydrogens is 302 g/mol. The molecule has 0 bridgehead atoms. The topological polar surface area (TPSA) is 52.7 Å². The molecule has 2 fully saturated rings. The third-order valence-corrected chi connectivity index (χ3v) is 5.13. The maximum Gasteiger partial charge on any atom is 0.223 e. The summed E-state index contributed by atoms with van der Waals surface area (Å²) in [4.78, 5) is 28.1. The molecule has 5 heteroatoms. The van der Waals surface area contributed by atoms with E-state index in [4.69, 9.17) is 0 Å². The summed E-state index contributed by atoms with van der Waals surface area (Å²) in [5.74, 6) is -0.117. The Balaban J connectivity index is 1.45. The molecule has 1 N–H and O–H groups in total. The number of hydrogen-bond donors (Lipinski definition) is 1. The minimum Gasteiger partial charge on any atom is -0.352 e. The number of hydrogen-bond acceptors (Lipinski definition) is 3. The molecule has 1 aromatic rings. The Morgan fingerprint density at radius 1 is 1.12 bits per heavy atom. The van der Waals surface area contributed by atoms with Crippen LogP contribution in [0.1, 0.15) is 36.8 Å². The van der Waals surface area contributed by atoms with Crippen LogP contribution in [0.2, 0.25) is 0 Å². The summed E-state index contributed by atoms with van der Waals surface area (Å²) in [5, 5.41) is 2.98. The molecule has 0 radical (unpaired) electrons. The lowest BCUT2D eigenvalue weighted by Gasteiger charge is -2.27. The molecule has 2 amide bonds. The predicted molar refractivity (Wildman–Crippen MR) is 93.2 cm³/mol. The fourth-order valence-corrected chi connectivity index (χ4v) is 3.46. The third-order valence-electron chi connectivity index (χ3n) is 5.13. The Morgan fingerprint density at radius 3 is 2.46 bits per heavy atom. The SMILES string of the molecule is CN1CC[C@H](C(=O)NCc2ccc(CN3CCCC3)cc2)CC1=O. The number of nitrogens with one attached hydrogen (secondary N) is 1. The van der Waals surface area contributed by atoms with Crippen molar-refractivity contribution in [1.29, 1.82) is 0 Å². The van der Waals surface area contributed by atoms with Gasteiger partial charge < -0.3 is 10.2 Å². The highest BCUT2D eigenvalue weighted by Crippen LogP contribution is 2.18. The van der Waals surface area contributed by atoms with Gasteiger partial charge in [0.25, 0.3) is 0 Å². The third kappa shape index (κ3) is 4.35. The van der Waals surface area contributed by atoms with Crippen LogP contribution in [0.5, 0.6) is 0 Å². The van der Waals surface area contributed by atoms with Gasteiger partial charge in [0.15, 0.2) is 0 Å². The summed E-state index contributed by atoms with van der Waals surface area (Å²) in [5.41, 5.74) is 2.43. The van der Waals surface area contributed by atoms with Crippen LogP contribution in [0.3, 0.4) is 0 Å². The van der Waals surface area contributed by atoms with Gasteiger partial charge in [0.1, 0.15) is 0 Å². The number of nitrogens with zero attached hydrogens (tertiary/aromatic N) is 2. The van der Waals surface area contributed by atoms with Crippen LogP contribution in [0.15, 0.2) is 24.3 Å². The average molecular weight is 329 g/mol. The van der Waals surface area contributed by atoms with Gasteiger partial charge in [-0.3, -0.25) is 14.5 Å². The largest absolute Gasteiger partial charge is 0.352 e. The number of benzene rings is 1. The number of carbonyl (C=O) groups is 2. The van der Waals surface area contributed by atoms with Crippen molar-refractivity contribution in [1.82, 2.24) is 15.1 Å². The number of rotatable bonds is 5. The van der Waals surface area contributed by atoms with E-state index in [-0.39, 0.29) is 17.7 Å². The Morgan fingerprint density at radius 2 is 1.79 bits per heavy atom.